The van der Waals surface area contributed by atoms with Gasteiger partial charge in [0, 0.05) is 17.7 Å². The number of aryl methyl sites for hydroxylation is 1. The fourth-order valence-corrected chi connectivity index (χ4v) is 5.84. The highest BCUT2D eigenvalue weighted by Gasteiger charge is 2.49. The zero-order chi connectivity index (χ0) is 28.3. The molecule has 1 fully saturated rings. The molecule has 12 heteroatoms. The number of hydrogen-bond donors (Lipinski definition) is 0. The molecule has 4 aromatic rings. The Hall–Kier alpha value is -2.99. The summed E-state index contributed by atoms with van der Waals surface area (Å²) in [5.74, 6) is -1.14. The summed E-state index contributed by atoms with van der Waals surface area (Å²) in [6.45, 7) is 3.78. The van der Waals surface area contributed by atoms with Crippen LogP contribution in [0.5, 0.6) is 0 Å². The molecule has 1 aromatic carbocycles. The van der Waals surface area contributed by atoms with Crippen LogP contribution < -0.4 is 0 Å². The summed E-state index contributed by atoms with van der Waals surface area (Å²) in [7, 11) is 1.31. The van der Waals surface area contributed by atoms with Crippen molar-refractivity contribution in [3.63, 3.8) is 0 Å². The quantitative estimate of drug-likeness (QED) is 0.168. The summed E-state index contributed by atoms with van der Waals surface area (Å²) in [5, 5.41) is 1.84. The molecule has 5 rings (SSSR count). The summed E-state index contributed by atoms with van der Waals surface area (Å²) in [6, 6.07) is 9.48. The Morgan fingerprint density at radius 2 is 2.05 bits per heavy atom. The second-order valence-corrected chi connectivity index (χ2v) is 11.0. The minimum atomic E-state index is -1.53. The third-order valence-corrected chi connectivity index (χ3v) is 8.09. The first-order chi connectivity index (χ1) is 19.4. The lowest BCUT2D eigenvalue weighted by Crippen LogP contribution is -2.44. The lowest BCUT2D eigenvalue weighted by Gasteiger charge is -2.31. The summed E-state index contributed by atoms with van der Waals surface area (Å²) < 4.78 is 35.2. The largest absolute Gasteiger partial charge is 0.467 e. The topological polar surface area (TPSA) is 101 Å². The maximum atomic E-state index is 15.8. The molecule has 1 aliphatic heterocycles. The van der Waals surface area contributed by atoms with E-state index in [-0.39, 0.29) is 18.3 Å². The molecule has 9 nitrogen and oxygen atoms in total. The van der Waals surface area contributed by atoms with Crippen molar-refractivity contribution in [2.45, 2.75) is 63.6 Å². The minimum Gasteiger partial charge on any atom is -0.467 e. The van der Waals surface area contributed by atoms with Gasteiger partial charge in [-0.1, -0.05) is 50.6 Å². The number of methoxy groups -OCH3 is 1. The Balaban J connectivity index is 1.42. The maximum Gasteiger partial charge on any atom is 0.344 e. The van der Waals surface area contributed by atoms with Gasteiger partial charge < -0.3 is 14.2 Å². The van der Waals surface area contributed by atoms with E-state index in [1.54, 1.807) is 22.4 Å². The molecule has 40 heavy (non-hydrogen) atoms. The Morgan fingerprint density at radius 1 is 1.25 bits per heavy atom. The third kappa shape index (κ3) is 5.47. The van der Waals surface area contributed by atoms with Crippen molar-refractivity contribution in [3.8, 4) is 0 Å². The van der Waals surface area contributed by atoms with Crippen LogP contribution in [0.4, 0.5) is 4.39 Å². The smallest absolute Gasteiger partial charge is 0.344 e. The van der Waals surface area contributed by atoms with Crippen molar-refractivity contribution in [1.82, 2.24) is 24.5 Å². The Morgan fingerprint density at radius 3 is 2.75 bits per heavy atom. The standard InChI is InChI=1S/C28H31ClFN5O4S/c1-4-5-11-19-23-24(34-27(29)33-19)35(15-31-23)25-22(30)17(2)20(39-25)13-38-28(26(36)37-3,21-14-40-16-32-21)12-18-9-7-6-8-10-18/h6-10,14-17,20,22,25H,4-5,11-13H2,1-3H3/t17-,20-,22+,25-,28?/m1/s1. The van der Waals surface area contributed by atoms with Crippen molar-refractivity contribution in [2.24, 2.45) is 5.92 Å². The molecule has 0 bridgehead atoms. The van der Waals surface area contributed by atoms with Gasteiger partial charge in [0.15, 0.2) is 18.0 Å². The van der Waals surface area contributed by atoms with Gasteiger partial charge in [0.25, 0.3) is 0 Å². The van der Waals surface area contributed by atoms with Crippen LogP contribution in [0.1, 0.15) is 49.9 Å². The van der Waals surface area contributed by atoms with Gasteiger partial charge in [0.05, 0.1) is 43.0 Å². The van der Waals surface area contributed by atoms with Gasteiger partial charge in [0.2, 0.25) is 10.9 Å². The Labute approximate surface area is 240 Å². The molecule has 3 aromatic heterocycles. The first kappa shape index (κ1) is 28.5. The molecule has 1 saturated heterocycles. The van der Waals surface area contributed by atoms with Crippen LogP contribution >= 0.6 is 22.9 Å². The zero-order valence-corrected chi connectivity index (χ0v) is 24.1. The van der Waals surface area contributed by atoms with Gasteiger partial charge in [-0.15, -0.1) is 11.3 Å². The van der Waals surface area contributed by atoms with Crippen LogP contribution in [0.15, 0.2) is 47.5 Å². The molecule has 0 aliphatic carbocycles. The average Bonchev–Trinajstić information content (AvgIpc) is 3.71. The highest BCUT2D eigenvalue weighted by Crippen LogP contribution is 2.40. The number of ether oxygens (including phenoxy) is 3. The lowest BCUT2D eigenvalue weighted by molar-refractivity contribution is -0.179. The molecule has 212 valence electrons. The number of nitrogens with zero attached hydrogens (tertiary/aromatic N) is 5. The van der Waals surface area contributed by atoms with E-state index in [0.29, 0.717) is 23.3 Å². The molecule has 4 heterocycles. The maximum absolute atomic E-state index is 15.8. The number of esters is 1. The molecule has 1 unspecified atom stereocenters. The van der Waals surface area contributed by atoms with E-state index in [0.717, 1.165) is 24.1 Å². The molecule has 0 spiro atoms. The van der Waals surface area contributed by atoms with E-state index in [9.17, 15) is 4.79 Å². The number of imidazole rings is 1. The Kier molecular flexibility index (Phi) is 8.74. The van der Waals surface area contributed by atoms with Gasteiger partial charge in [-0.2, -0.15) is 4.98 Å². The van der Waals surface area contributed by atoms with E-state index < -0.39 is 36.0 Å². The number of halogens is 2. The van der Waals surface area contributed by atoms with Crippen molar-refractivity contribution < 1.29 is 23.4 Å². The normalized spacial score (nSPS) is 22.4. The molecule has 0 radical (unpaired) electrons. The van der Waals surface area contributed by atoms with E-state index in [2.05, 4.69) is 26.9 Å². The van der Waals surface area contributed by atoms with Gasteiger partial charge in [-0.3, -0.25) is 4.57 Å². The summed E-state index contributed by atoms with van der Waals surface area (Å²) in [5.41, 5.74) is 3.13. The van der Waals surface area contributed by atoms with Gasteiger partial charge in [0.1, 0.15) is 5.52 Å². The van der Waals surface area contributed by atoms with Crippen LogP contribution in [0.3, 0.4) is 0 Å². The highest BCUT2D eigenvalue weighted by molar-refractivity contribution is 7.07. The van der Waals surface area contributed by atoms with Crippen LogP contribution in [-0.2, 0) is 37.4 Å². The van der Waals surface area contributed by atoms with E-state index in [4.69, 9.17) is 25.8 Å². The fraction of sp³-hybridized carbons (Fsp3) is 0.464. The van der Waals surface area contributed by atoms with Crippen LogP contribution in [0.2, 0.25) is 5.28 Å². The fourth-order valence-electron chi connectivity index (χ4n) is 5.04. The Bertz CT molecular complexity index is 1440. The molecule has 5 atom stereocenters. The minimum absolute atomic E-state index is 0.0678. The molecular formula is C28H31ClFN5O4S. The second kappa shape index (κ2) is 12.3. The first-order valence-corrected chi connectivity index (χ1v) is 14.5. The number of alkyl halides is 1. The number of thiazole rings is 1. The zero-order valence-electron chi connectivity index (χ0n) is 22.5. The van der Waals surface area contributed by atoms with Crippen molar-refractivity contribution in [3.05, 3.63) is 69.8 Å². The van der Waals surface area contributed by atoms with Crippen molar-refractivity contribution in [2.75, 3.05) is 13.7 Å². The molecule has 0 saturated carbocycles. The highest BCUT2D eigenvalue weighted by atomic mass is 35.5. The van der Waals surface area contributed by atoms with Gasteiger partial charge in [-0.05, 0) is 30.0 Å². The summed E-state index contributed by atoms with van der Waals surface area (Å²) in [4.78, 5) is 30.8. The third-order valence-electron chi connectivity index (χ3n) is 7.33. The number of aromatic nitrogens is 5. The first-order valence-electron chi connectivity index (χ1n) is 13.2. The van der Waals surface area contributed by atoms with E-state index in [1.807, 2.05) is 30.3 Å². The monoisotopic (exact) mass is 587 g/mol. The van der Waals surface area contributed by atoms with Gasteiger partial charge in [-0.25, -0.2) is 24.1 Å². The SMILES string of the molecule is CCCCc1nc(Cl)nc2c1ncn2[C@@H]1O[C@H](COC(Cc2ccccc2)(C(=O)OC)c2cscn2)[C@@H](C)[C@@H]1F. The molecular weight excluding hydrogens is 557 g/mol. The number of rotatable bonds is 11. The number of carbonyl (C=O) groups excluding carboxylic acids is 1. The predicted molar refractivity (Wildman–Crippen MR) is 149 cm³/mol. The molecule has 0 amide bonds. The number of carbonyl (C=O) groups is 1. The lowest BCUT2D eigenvalue weighted by atomic mass is 9.91. The second-order valence-electron chi connectivity index (χ2n) is 9.90. The van der Waals surface area contributed by atoms with Crippen molar-refractivity contribution >= 4 is 40.1 Å². The average molecular weight is 588 g/mol. The van der Waals surface area contributed by atoms with E-state index in [1.165, 1.54) is 24.8 Å². The summed E-state index contributed by atoms with van der Waals surface area (Å²) >= 11 is 7.57. The number of benzene rings is 1. The van der Waals surface area contributed by atoms with Crippen LogP contribution in [-0.4, -0.2) is 56.5 Å². The van der Waals surface area contributed by atoms with Crippen LogP contribution in [0, 0.1) is 5.92 Å². The molecule has 0 N–H and O–H groups in total. The number of fused-ring (bicyclic) bond motifs is 1. The number of unbranched alkanes of at least 4 members (excludes halogenated alkanes) is 1. The molecule has 1 aliphatic rings. The predicted octanol–water partition coefficient (Wildman–Crippen LogP) is 5.48. The summed E-state index contributed by atoms with van der Waals surface area (Å²) in [6.07, 6.45) is 1.24. The van der Waals surface area contributed by atoms with Crippen LogP contribution in [0.25, 0.3) is 11.2 Å². The number of hydrogen-bond acceptors (Lipinski definition) is 9. The van der Waals surface area contributed by atoms with Crippen molar-refractivity contribution in [1.29, 1.82) is 0 Å². The van der Waals surface area contributed by atoms with E-state index >= 15 is 4.39 Å². The van der Waals surface area contributed by atoms with Gasteiger partial charge >= 0.3 is 5.97 Å².